The number of phenols is 1. The zero-order valence-electron chi connectivity index (χ0n) is 8.69. The molecular formula is C11H15NO3. The second kappa shape index (κ2) is 3.98. The van der Waals surface area contributed by atoms with Gasteiger partial charge in [0.1, 0.15) is 0 Å². The van der Waals surface area contributed by atoms with Crippen molar-refractivity contribution < 1.29 is 14.6 Å². The van der Waals surface area contributed by atoms with Gasteiger partial charge in [0.2, 0.25) is 12.5 Å². The molecule has 0 bridgehead atoms. The average Bonchev–Trinajstić information content (AvgIpc) is 2.66. The molecule has 15 heavy (non-hydrogen) atoms. The van der Waals surface area contributed by atoms with E-state index in [1.807, 2.05) is 6.07 Å². The molecule has 0 spiro atoms. The Kier molecular flexibility index (Phi) is 2.68. The summed E-state index contributed by atoms with van der Waals surface area (Å²) in [4.78, 5) is 0. The average molecular weight is 209 g/mol. The predicted molar refractivity (Wildman–Crippen MR) is 56.3 cm³/mol. The Balaban J connectivity index is 2.30. The first-order valence-corrected chi connectivity index (χ1v) is 5.05. The Labute approximate surface area is 88.6 Å². The minimum Gasteiger partial charge on any atom is -0.504 e. The Hall–Kier alpha value is -1.42. The molecule has 0 fully saturated rings. The van der Waals surface area contributed by atoms with Crippen LogP contribution in [0.3, 0.4) is 0 Å². The molecular weight excluding hydrogens is 194 g/mol. The molecule has 4 nitrogen and oxygen atoms in total. The van der Waals surface area contributed by atoms with E-state index >= 15 is 0 Å². The van der Waals surface area contributed by atoms with Gasteiger partial charge in [-0.25, -0.2) is 0 Å². The third kappa shape index (κ3) is 1.85. The fraction of sp³-hybridized carbons (Fsp3) is 0.455. The van der Waals surface area contributed by atoms with Crippen molar-refractivity contribution in [2.75, 3.05) is 13.3 Å². The van der Waals surface area contributed by atoms with E-state index < -0.39 is 0 Å². The first-order chi connectivity index (χ1) is 7.22. The summed E-state index contributed by atoms with van der Waals surface area (Å²) in [6.07, 6.45) is 0.888. The molecule has 4 heteroatoms. The monoisotopic (exact) mass is 209 g/mol. The first-order valence-electron chi connectivity index (χ1n) is 5.05. The molecule has 0 saturated heterocycles. The molecule has 1 aromatic carbocycles. The lowest BCUT2D eigenvalue weighted by atomic mass is 9.97. The molecule has 0 amide bonds. The van der Waals surface area contributed by atoms with Crippen LogP contribution >= 0.6 is 0 Å². The number of rotatable bonds is 3. The van der Waals surface area contributed by atoms with Crippen molar-refractivity contribution in [1.29, 1.82) is 0 Å². The SMILES string of the molecule is CC(CCN)c1cc(O)c2c(c1)OCO2. The lowest BCUT2D eigenvalue weighted by molar-refractivity contribution is 0.171. The fourth-order valence-electron chi connectivity index (χ4n) is 1.71. The normalized spacial score (nSPS) is 15.3. The Morgan fingerprint density at radius 1 is 1.47 bits per heavy atom. The van der Waals surface area contributed by atoms with E-state index in [9.17, 15) is 5.11 Å². The van der Waals surface area contributed by atoms with Gasteiger partial charge in [-0.1, -0.05) is 6.92 Å². The van der Waals surface area contributed by atoms with Gasteiger partial charge in [-0.2, -0.15) is 0 Å². The van der Waals surface area contributed by atoms with Crippen molar-refractivity contribution in [2.45, 2.75) is 19.3 Å². The smallest absolute Gasteiger partial charge is 0.231 e. The molecule has 0 aromatic heterocycles. The van der Waals surface area contributed by atoms with Crippen LogP contribution in [0.15, 0.2) is 12.1 Å². The summed E-state index contributed by atoms with van der Waals surface area (Å²) in [5.74, 6) is 1.52. The molecule has 0 aliphatic carbocycles. The molecule has 2 rings (SSSR count). The van der Waals surface area contributed by atoms with Crippen molar-refractivity contribution in [3.63, 3.8) is 0 Å². The van der Waals surface area contributed by atoms with E-state index in [0.717, 1.165) is 12.0 Å². The highest BCUT2D eigenvalue weighted by Gasteiger charge is 2.20. The van der Waals surface area contributed by atoms with E-state index in [2.05, 4.69) is 6.92 Å². The van der Waals surface area contributed by atoms with Crippen LogP contribution in [0.5, 0.6) is 17.2 Å². The van der Waals surface area contributed by atoms with Gasteiger partial charge >= 0.3 is 0 Å². The Bertz CT molecular complexity index is 365. The summed E-state index contributed by atoms with van der Waals surface area (Å²) in [6, 6.07) is 3.62. The Morgan fingerprint density at radius 2 is 2.27 bits per heavy atom. The molecule has 1 aliphatic heterocycles. The van der Waals surface area contributed by atoms with Crippen molar-refractivity contribution in [2.24, 2.45) is 5.73 Å². The van der Waals surface area contributed by atoms with Crippen LogP contribution in [0.4, 0.5) is 0 Å². The van der Waals surface area contributed by atoms with E-state index in [1.54, 1.807) is 6.07 Å². The highest BCUT2D eigenvalue weighted by molar-refractivity contribution is 5.54. The van der Waals surface area contributed by atoms with Crippen LogP contribution in [0.1, 0.15) is 24.8 Å². The highest BCUT2D eigenvalue weighted by Crippen LogP contribution is 2.42. The summed E-state index contributed by atoms with van der Waals surface area (Å²) in [5.41, 5.74) is 6.53. The summed E-state index contributed by atoms with van der Waals surface area (Å²) < 4.78 is 10.4. The molecule has 1 atom stereocenters. The standard InChI is InChI=1S/C11H15NO3/c1-7(2-3-12)8-4-9(13)11-10(5-8)14-6-15-11/h4-5,7,13H,2-3,6,12H2,1H3. The topological polar surface area (TPSA) is 64.7 Å². The number of ether oxygens (including phenoxy) is 2. The zero-order chi connectivity index (χ0) is 10.8. The molecule has 0 saturated carbocycles. The van der Waals surface area contributed by atoms with Gasteiger partial charge in [0.25, 0.3) is 0 Å². The molecule has 0 radical (unpaired) electrons. The van der Waals surface area contributed by atoms with Gasteiger partial charge in [-0.15, -0.1) is 0 Å². The van der Waals surface area contributed by atoms with Gasteiger partial charge in [0, 0.05) is 0 Å². The molecule has 1 unspecified atom stereocenters. The third-order valence-corrected chi connectivity index (χ3v) is 2.64. The predicted octanol–water partition coefficient (Wildman–Crippen LogP) is 1.57. The number of hydrogen-bond acceptors (Lipinski definition) is 4. The quantitative estimate of drug-likeness (QED) is 0.793. The number of fused-ring (bicyclic) bond motifs is 1. The second-order valence-corrected chi connectivity index (χ2v) is 3.75. The maximum Gasteiger partial charge on any atom is 0.231 e. The van der Waals surface area contributed by atoms with Crippen LogP contribution in [-0.2, 0) is 0 Å². The van der Waals surface area contributed by atoms with Gasteiger partial charge in [-0.05, 0) is 36.6 Å². The maximum atomic E-state index is 9.69. The molecule has 1 aliphatic rings. The molecule has 1 aromatic rings. The summed E-state index contributed by atoms with van der Waals surface area (Å²) in [5, 5.41) is 9.69. The number of benzene rings is 1. The van der Waals surface area contributed by atoms with Gasteiger partial charge in [-0.3, -0.25) is 0 Å². The van der Waals surface area contributed by atoms with Crippen molar-refractivity contribution in [3.8, 4) is 17.2 Å². The van der Waals surface area contributed by atoms with Crippen molar-refractivity contribution >= 4 is 0 Å². The van der Waals surface area contributed by atoms with Crippen LogP contribution in [0.25, 0.3) is 0 Å². The lowest BCUT2D eigenvalue weighted by Crippen LogP contribution is -2.04. The van der Waals surface area contributed by atoms with Gasteiger partial charge in [0.05, 0.1) is 0 Å². The summed E-state index contributed by atoms with van der Waals surface area (Å²) in [6.45, 7) is 2.89. The van der Waals surface area contributed by atoms with Crippen LogP contribution in [0.2, 0.25) is 0 Å². The Morgan fingerprint density at radius 3 is 3.00 bits per heavy atom. The minimum atomic E-state index is 0.142. The largest absolute Gasteiger partial charge is 0.504 e. The summed E-state index contributed by atoms with van der Waals surface area (Å²) in [7, 11) is 0. The first kappa shape index (κ1) is 10.1. The van der Waals surface area contributed by atoms with Gasteiger partial charge in [0.15, 0.2) is 11.5 Å². The van der Waals surface area contributed by atoms with Crippen LogP contribution in [-0.4, -0.2) is 18.4 Å². The number of nitrogens with two attached hydrogens (primary N) is 1. The van der Waals surface area contributed by atoms with E-state index in [1.165, 1.54) is 0 Å². The van der Waals surface area contributed by atoms with Crippen LogP contribution in [0, 0.1) is 0 Å². The van der Waals surface area contributed by atoms with E-state index in [0.29, 0.717) is 24.0 Å². The maximum absolute atomic E-state index is 9.69. The fourth-order valence-corrected chi connectivity index (χ4v) is 1.71. The van der Waals surface area contributed by atoms with Crippen LogP contribution < -0.4 is 15.2 Å². The summed E-state index contributed by atoms with van der Waals surface area (Å²) >= 11 is 0. The van der Waals surface area contributed by atoms with Gasteiger partial charge < -0.3 is 20.3 Å². The molecule has 1 heterocycles. The van der Waals surface area contributed by atoms with E-state index in [4.69, 9.17) is 15.2 Å². The number of hydrogen-bond donors (Lipinski definition) is 2. The van der Waals surface area contributed by atoms with E-state index in [-0.39, 0.29) is 12.5 Å². The third-order valence-electron chi connectivity index (χ3n) is 2.64. The highest BCUT2D eigenvalue weighted by atomic mass is 16.7. The minimum absolute atomic E-state index is 0.142. The molecule has 3 N–H and O–H groups in total. The number of aromatic hydroxyl groups is 1. The van der Waals surface area contributed by atoms with Crippen molar-refractivity contribution in [3.05, 3.63) is 17.7 Å². The lowest BCUT2D eigenvalue weighted by Gasteiger charge is -2.11. The van der Waals surface area contributed by atoms with Crippen molar-refractivity contribution in [1.82, 2.24) is 0 Å². The zero-order valence-corrected chi connectivity index (χ0v) is 8.69. The second-order valence-electron chi connectivity index (χ2n) is 3.75. The number of phenolic OH excluding ortho intramolecular Hbond substituents is 1. The molecule has 82 valence electrons.